The molecule has 0 unspecified atom stereocenters. The van der Waals surface area contributed by atoms with Crippen LogP contribution in [0.1, 0.15) is 10.4 Å². The molecule has 0 saturated carbocycles. The predicted molar refractivity (Wildman–Crippen MR) is 90.0 cm³/mol. The Labute approximate surface area is 139 Å². The fraction of sp³-hybridized carbons (Fsp3) is 0.176. The van der Waals surface area contributed by atoms with Crippen LogP contribution in [-0.2, 0) is 7.05 Å². The number of aromatic nitrogens is 3. The van der Waals surface area contributed by atoms with E-state index in [-0.39, 0.29) is 5.91 Å². The van der Waals surface area contributed by atoms with Crippen LogP contribution in [-0.4, -0.2) is 34.5 Å². The Morgan fingerprint density at radius 1 is 1.08 bits per heavy atom. The third kappa shape index (κ3) is 2.96. The summed E-state index contributed by atoms with van der Waals surface area (Å²) in [5.74, 6) is 1.62. The number of rotatable bonds is 5. The Kier molecular flexibility index (Phi) is 4.24. The summed E-state index contributed by atoms with van der Waals surface area (Å²) in [7, 11) is 4.91. The number of hydrogen-bond donors (Lipinski definition) is 1. The highest BCUT2D eigenvalue weighted by Crippen LogP contribution is 2.26. The highest BCUT2D eigenvalue weighted by Gasteiger charge is 2.18. The summed E-state index contributed by atoms with van der Waals surface area (Å²) >= 11 is 0. The van der Waals surface area contributed by atoms with E-state index in [0.717, 1.165) is 0 Å². The summed E-state index contributed by atoms with van der Waals surface area (Å²) < 4.78 is 13.9. The summed E-state index contributed by atoms with van der Waals surface area (Å²) in [5, 5.41) is 7.05. The highest BCUT2D eigenvalue weighted by atomic mass is 16.5. The lowest BCUT2D eigenvalue weighted by atomic mass is 10.2. The number of amides is 1. The zero-order valence-electron chi connectivity index (χ0n) is 13.7. The van der Waals surface area contributed by atoms with Crippen molar-refractivity contribution in [2.45, 2.75) is 0 Å². The van der Waals surface area contributed by atoms with Gasteiger partial charge in [-0.25, -0.2) is 0 Å². The van der Waals surface area contributed by atoms with Gasteiger partial charge < -0.3 is 19.4 Å². The summed E-state index contributed by atoms with van der Waals surface area (Å²) in [6, 6.07) is 8.98. The maximum absolute atomic E-state index is 12.7. The minimum absolute atomic E-state index is 0.262. The summed E-state index contributed by atoms with van der Waals surface area (Å²) in [4.78, 5) is 12.7. The molecule has 1 N–H and O–H groups in total. The Morgan fingerprint density at radius 2 is 1.71 bits per heavy atom. The Bertz CT molecular complexity index is 831. The lowest BCUT2D eigenvalue weighted by molar-refractivity contribution is 0.102. The number of carbonyl (C=O) groups excluding carboxylic acids is 1. The van der Waals surface area contributed by atoms with Crippen molar-refractivity contribution in [1.29, 1.82) is 0 Å². The number of benzene rings is 1. The second-order valence-corrected chi connectivity index (χ2v) is 5.15. The van der Waals surface area contributed by atoms with Crippen LogP contribution in [0, 0.1) is 0 Å². The van der Waals surface area contributed by atoms with Crippen LogP contribution >= 0.6 is 0 Å². The smallest absolute Gasteiger partial charge is 0.261 e. The highest BCUT2D eigenvalue weighted by molar-refractivity contribution is 6.06. The van der Waals surface area contributed by atoms with Crippen LogP contribution in [0.4, 0.5) is 5.69 Å². The first-order valence-electron chi connectivity index (χ1n) is 7.32. The Balaban J connectivity index is 1.92. The van der Waals surface area contributed by atoms with E-state index in [1.165, 1.54) is 0 Å². The van der Waals surface area contributed by atoms with Gasteiger partial charge in [-0.15, -0.1) is 0 Å². The van der Waals surface area contributed by atoms with Crippen molar-refractivity contribution in [2.75, 3.05) is 19.5 Å². The first-order valence-corrected chi connectivity index (χ1v) is 7.32. The third-order valence-corrected chi connectivity index (χ3v) is 3.61. The van der Waals surface area contributed by atoms with Crippen molar-refractivity contribution in [3.8, 4) is 17.3 Å². The summed E-state index contributed by atoms with van der Waals surface area (Å²) in [6.07, 6.45) is 5.27. The molecule has 124 valence electrons. The van der Waals surface area contributed by atoms with E-state index >= 15 is 0 Å². The van der Waals surface area contributed by atoms with Gasteiger partial charge in [-0.3, -0.25) is 9.48 Å². The van der Waals surface area contributed by atoms with Gasteiger partial charge in [-0.05, 0) is 12.1 Å². The lowest BCUT2D eigenvalue weighted by Gasteiger charge is -2.11. The van der Waals surface area contributed by atoms with Gasteiger partial charge in [0.2, 0.25) is 0 Å². The maximum atomic E-state index is 12.7. The van der Waals surface area contributed by atoms with E-state index in [1.807, 2.05) is 29.1 Å². The second kappa shape index (κ2) is 6.49. The van der Waals surface area contributed by atoms with Gasteiger partial charge in [-0.2, -0.15) is 5.10 Å². The lowest BCUT2D eigenvalue weighted by Crippen LogP contribution is -2.15. The number of nitrogens with one attached hydrogen (secondary N) is 1. The number of carbonyl (C=O) groups is 1. The van der Waals surface area contributed by atoms with Crippen molar-refractivity contribution >= 4 is 11.6 Å². The van der Waals surface area contributed by atoms with E-state index in [0.29, 0.717) is 28.6 Å². The molecule has 3 aromatic rings. The standard InChI is InChI=1S/C17H18N4O3/c1-20-17(21-6-4-5-7-21)15(11-18-20)16(22)19-12-8-13(23-2)10-14(9-12)24-3/h4-11H,1-3H3,(H,19,22). The molecule has 0 aliphatic rings. The average molecular weight is 326 g/mol. The fourth-order valence-electron chi connectivity index (χ4n) is 2.45. The minimum atomic E-state index is -0.262. The van der Waals surface area contributed by atoms with Gasteiger partial charge >= 0.3 is 0 Å². The fourth-order valence-corrected chi connectivity index (χ4v) is 2.45. The second-order valence-electron chi connectivity index (χ2n) is 5.15. The zero-order chi connectivity index (χ0) is 17.1. The summed E-state index contributed by atoms with van der Waals surface area (Å²) in [6.45, 7) is 0. The van der Waals surface area contributed by atoms with Crippen molar-refractivity contribution < 1.29 is 14.3 Å². The molecule has 0 atom stereocenters. The van der Waals surface area contributed by atoms with Crippen molar-refractivity contribution in [3.05, 3.63) is 54.5 Å². The van der Waals surface area contributed by atoms with Gasteiger partial charge in [0, 0.05) is 43.3 Å². The molecule has 7 nitrogen and oxygen atoms in total. The first kappa shape index (κ1) is 15.7. The molecule has 0 fully saturated rings. The van der Waals surface area contributed by atoms with Crippen LogP contribution in [0.3, 0.4) is 0 Å². The van der Waals surface area contributed by atoms with E-state index in [1.54, 1.807) is 50.3 Å². The van der Waals surface area contributed by atoms with E-state index < -0.39 is 0 Å². The SMILES string of the molecule is COc1cc(NC(=O)c2cnn(C)c2-n2cccc2)cc(OC)c1. The van der Waals surface area contributed by atoms with Gasteiger partial charge in [-0.1, -0.05) is 0 Å². The molecule has 0 aliphatic carbocycles. The van der Waals surface area contributed by atoms with Gasteiger partial charge in [0.25, 0.3) is 5.91 Å². The number of nitrogens with zero attached hydrogens (tertiary/aromatic N) is 3. The van der Waals surface area contributed by atoms with Crippen LogP contribution in [0.2, 0.25) is 0 Å². The van der Waals surface area contributed by atoms with Gasteiger partial charge in [0.05, 0.1) is 20.4 Å². The largest absolute Gasteiger partial charge is 0.497 e. The Morgan fingerprint density at radius 3 is 2.29 bits per heavy atom. The molecule has 24 heavy (non-hydrogen) atoms. The third-order valence-electron chi connectivity index (χ3n) is 3.61. The molecule has 2 aromatic heterocycles. The monoisotopic (exact) mass is 326 g/mol. The average Bonchev–Trinajstić information content (AvgIpc) is 3.23. The molecule has 0 radical (unpaired) electrons. The van der Waals surface area contributed by atoms with E-state index in [4.69, 9.17) is 9.47 Å². The van der Waals surface area contributed by atoms with Crippen LogP contribution in [0.15, 0.2) is 48.9 Å². The maximum Gasteiger partial charge on any atom is 0.261 e. The van der Waals surface area contributed by atoms with E-state index in [9.17, 15) is 4.79 Å². The zero-order valence-corrected chi connectivity index (χ0v) is 13.7. The number of hydrogen-bond acceptors (Lipinski definition) is 4. The molecular weight excluding hydrogens is 308 g/mol. The van der Waals surface area contributed by atoms with Gasteiger partial charge in [0.15, 0.2) is 0 Å². The van der Waals surface area contributed by atoms with Crippen molar-refractivity contribution in [3.63, 3.8) is 0 Å². The van der Waals surface area contributed by atoms with Crippen molar-refractivity contribution in [2.24, 2.45) is 7.05 Å². The van der Waals surface area contributed by atoms with Crippen molar-refractivity contribution in [1.82, 2.24) is 14.3 Å². The molecule has 0 bridgehead atoms. The predicted octanol–water partition coefficient (Wildman–Crippen LogP) is 2.48. The van der Waals surface area contributed by atoms with Crippen LogP contribution < -0.4 is 14.8 Å². The molecule has 0 spiro atoms. The first-order chi connectivity index (χ1) is 11.6. The molecular formula is C17H18N4O3. The summed E-state index contributed by atoms with van der Waals surface area (Å²) in [5.41, 5.74) is 1.05. The molecule has 1 aromatic carbocycles. The molecule has 2 heterocycles. The molecule has 0 aliphatic heterocycles. The van der Waals surface area contributed by atoms with Gasteiger partial charge in [0.1, 0.15) is 22.9 Å². The van der Waals surface area contributed by atoms with Crippen LogP contribution in [0.25, 0.3) is 5.82 Å². The molecule has 1 amide bonds. The number of anilines is 1. The molecule has 0 saturated heterocycles. The molecule has 3 rings (SSSR count). The number of methoxy groups -OCH3 is 2. The van der Waals surface area contributed by atoms with E-state index in [2.05, 4.69) is 10.4 Å². The topological polar surface area (TPSA) is 70.3 Å². The number of ether oxygens (including phenoxy) is 2. The number of aryl methyl sites for hydroxylation is 1. The Hall–Kier alpha value is -3.22. The quantitative estimate of drug-likeness (QED) is 0.782. The molecule has 7 heteroatoms. The van der Waals surface area contributed by atoms with Crippen LogP contribution in [0.5, 0.6) is 11.5 Å². The normalized spacial score (nSPS) is 10.5. The minimum Gasteiger partial charge on any atom is -0.497 e.